The number of nitrogens with zero attached hydrogens (tertiary/aromatic N) is 3. The summed E-state index contributed by atoms with van der Waals surface area (Å²) in [5.74, 6) is -0.206. The standard InChI is InChI=1S/C15H19N5O4S/c1-8-5-16-14-10(6-17-20(14)7-8)15(21)18-11-9-3-4-24-13(9)12(11)19-25(2,22)23/h5-7,9,11-13,19H,3-4H2,1-2H3,(H,18,21)/t9-,11+,12-,13-/m1/s1. The third kappa shape index (κ3) is 2.90. The molecular weight excluding hydrogens is 346 g/mol. The van der Waals surface area contributed by atoms with Gasteiger partial charge in [0.1, 0.15) is 5.56 Å². The molecule has 1 saturated carbocycles. The molecule has 2 aromatic rings. The largest absolute Gasteiger partial charge is 0.376 e. The van der Waals surface area contributed by atoms with Gasteiger partial charge in [0.2, 0.25) is 10.0 Å². The maximum atomic E-state index is 12.7. The highest BCUT2D eigenvalue weighted by molar-refractivity contribution is 7.88. The lowest BCUT2D eigenvalue weighted by atomic mass is 9.72. The molecule has 134 valence electrons. The highest BCUT2D eigenvalue weighted by atomic mass is 32.2. The highest BCUT2D eigenvalue weighted by Crippen LogP contribution is 2.39. The molecule has 0 bridgehead atoms. The van der Waals surface area contributed by atoms with Gasteiger partial charge in [-0.2, -0.15) is 5.10 Å². The summed E-state index contributed by atoms with van der Waals surface area (Å²) < 4.78 is 32.9. The first-order valence-corrected chi connectivity index (χ1v) is 9.92. The van der Waals surface area contributed by atoms with E-state index in [-0.39, 0.29) is 24.0 Å². The molecule has 0 unspecified atom stereocenters. The van der Waals surface area contributed by atoms with Gasteiger partial charge in [-0.1, -0.05) is 0 Å². The maximum Gasteiger partial charge on any atom is 0.257 e. The second-order valence-corrected chi connectivity index (χ2v) is 8.44. The number of hydrogen-bond acceptors (Lipinski definition) is 6. The fourth-order valence-electron chi connectivity index (χ4n) is 3.65. The van der Waals surface area contributed by atoms with Crippen molar-refractivity contribution >= 4 is 21.6 Å². The summed E-state index contributed by atoms with van der Waals surface area (Å²) >= 11 is 0. The summed E-state index contributed by atoms with van der Waals surface area (Å²) in [6, 6.07) is -0.765. The zero-order valence-electron chi connectivity index (χ0n) is 13.8. The van der Waals surface area contributed by atoms with Crippen molar-refractivity contribution < 1.29 is 17.9 Å². The summed E-state index contributed by atoms with van der Waals surface area (Å²) in [4.78, 5) is 16.9. The molecule has 2 aromatic heterocycles. The van der Waals surface area contributed by atoms with E-state index in [1.165, 1.54) is 6.20 Å². The number of carbonyl (C=O) groups is 1. The lowest BCUT2D eigenvalue weighted by molar-refractivity contribution is -0.0193. The normalized spacial score (nSPS) is 28.6. The van der Waals surface area contributed by atoms with Crippen LogP contribution in [0.3, 0.4) is 0 Å². The minimum Gasteiger partial charge on any atom is -0.376 e. The lowest BCUT2D eigenvalue weighted by Crippen LogP contribution is -2.70. The molecular formula is C15H19N5O4S. The number of aryl methyl sites for hydroxylation is 1. The first kappa shape index (κ1) is 16.4. The minimum atomic E-state index is -3.39. The number of aromatic nitrogens is 3. The van der Waals surface area contributed by atoms with Gasteiger partial charge in [0.05, 0.1) is 30.6 Å². The van der Waals surface area contributed by atoms with Gasteiger partial charge in [0.15, 0.2) is 5.65 Å². The van der Waals surface area contributed by atoms with Crippen molar-refractivity contribution in [1.82, 2.24) is 24.6 Å². The van der Waals surface area contributed by atoms with Gasteiger partial charge in [-0.25, -0.2) is 22.6 Å². The van der Waals surface area contributed by atoms with Gasteiger partial charge < -0.3 is 10.1 Å². The Morgan fingerprint density at radius 2 is 2.16 bits per heavy atom. The Balaban J connectivity index is 1.56. The summed E-state index contributed by atoms with van der Waals surface area (Å²) in [6.45, 7) is 2.46. The minimum absolute atomic E-state index is 0.111. The summed E-state index contributed by atoms with van der Waals surface area (Å²) in [5.41, 5.74) is 1.76. The van der Waals surface area contributed by atoms with Crippen molar-refractivity contribution in [2.75, 3.05) is 12.9 Å². The Hall–Kier alpha value is -2.04. The molecule has 2 N–H and O–H groups in total. The second kappa shape index (κ2) is 5.75. The van der Waals surface area contributed by atoms with Crippen LogP contribution in [0, 0.1) is 12.8 Å². The van der Waals surface area contributed by atoms with Crippen LogP contribution < -0.4 is 10.0 Å². The van der Waals surface area contributed by atoms with Gasteiger partial charge in [-0.3, -0.25) is 4.79 Å². The molecule has 10 heteroatoms. The molecule has 3 heterocycles. The number of carbonyl (C=O) groups excluding carboxylic acids is 1. The van der Waals surface area contributed by atoms with Gasteiger partial charge in [-0.15, -0.1) is 0 Å². The smallest absolute Gasteiger partial charge is 0.257 e. The van der Waals surface area contributed by atoms with Crippen molar-refractivity contribution in [2.45, 2.75) is 31.5 Å². The van der Waals surface area contributed by atoms with E-state index in [4.69, 9.17) is 4.74 Å². The van der Waals surface area contributed by atoms with Crippen LogP contribution in [0.25, 0.3) is 5.65 Å². The number of rotatable bonds is 4. The van der Waals surface area contributed by atoms with Crippen LogP contribution in [0.2, 0.25) is 0 Å². The molecule has 9 nitrogen and oxygen atoms in total. The molecule has 1 aliphatic heterocycles. The van der Waals surface area contributed by atoms with E-state index in [2.05, 4.69) is 20.1 Å². The molecule has 0 spiro atoms. The Morgan fingerprint density at radius 1 is 1.36 bits per heavy atom. The van der Waals surface area contributed by atoms with Crippen LogP contribution in [0.1, 0.15) is 22.3 Å². The number of fused-ring (bicyclic) bond motifs is 2. The van der Waals surface area contributed by atoms with Crippen molar-refractivity contribution in [2.24, 2.45) is 5.92 Å². The van der Waals surface area contributed by atoms with Crippen molar-refractivity contribution in [3.63, 3.8) is 0 Å². The number of nitrogens with one attached hydrogen (secondary N) is 2. The van der Waals surface area contributed by atoms with Gasteiger partial charge in [0.25, 0.3) is 5.91 Å². The maximum absolute atomic E-state index is 12.7. The molecule has 4 atom stereocenters. The lowest BCUT2D eigenvalue weighted by Gasteiger charge is -2.47. The predicted molar refractivity (Wildman–Crippen MR) is 88.6 cm³/mol. The van der Waals surface area contributed by atoms with E-state index in [1.54, 1.807) is 16.9 Å². The van der Waals surface area contributed by atoms with Crippen LogP contribution in [-0.4, -0.2) is 60.0 Å². The van der Waals surface area contributed by atoms with Crippen LogP contribution in [0.15, 0.2) is 18.6 Å². The summed E-state index contributed by atoms with van der Waals surface area (Å²) in [6.07, 6.45) is 6.64. The first-order valence-electron chi connectivity index (χ1n) is 8.03. The van der Waals surface area contributed by atoms with Crippen LogP contribution in [-0.2, 0) is 14.8 Å². The first-order chi connectivity index (χ1) is 11.8. The fraction of sp³-hybridized carbons (Fsp3) is 0.533. The van der Waals surface area contributed by atoms with Crippen LogP contribution in [0.4, 0.5) is 0 Å². The number of ether oxygens (including phenoxy) is 1. The Labute approximate surface area is 144 Å². The van der Waals surface area contributed by atoms with E-state index >= 15 is 0 Å². The van der Waals surface area contributed by atoms with Gasteiger partial charge >= 0.3 is 0 Å². The second-order valence-electron chi connectivity index (χ2n) is 6.66. The van der Waals surface area contributed by atoms with Gasteiger partial charge in [-0.05, 0) is 18.9 Å². The van der Waals surface area contributed by atoms with Crippen LogP contribution in [0.5, 0.6) is 0 Å². The molecule has 2 fully saturated rings. The molecule has 0 aromatic carbocycles. The zero-order chi connectivity index (χ0) is 17.8. The van der Waals surface area contributed by atoms with Gasteiger partial charge in [0, 0.05) is 24.9 Å². The Kier molecular flexibility index (Phi) is 3.78. The van der Waals surface area contributed by atoms with Crippen molar-refractivity contribution in [1.29, 1.82) is 0 Å². The average molecular weight is 365 g/mol. The summed E-state index contributed by atoms with van der Waals surface area (Å²) in [7, 11) is -3.39. The molecule has 1 amide bonds. The average Bonchev–Trinajstić information content (AvgIpc) is 3.13. The monoisotopic (exact) mass is 365 g/mol. The van der Waals surface area contributed by atoms with E-state index in [0.29, 0.717) is 17.8 Å². The zero-order valence-corrected chi connectivity index (χ0v) is 14.7. The number of sulfonamides is 1. The predicted octanol–water partition coefficient (Wildman–Crippen LogP) is -0.527. The topological polar surface area (TPSA) is 115 Å². The fourth-order valence-corrected chi connectivity index (χ4v) is 4.42. The van der Waals surface area contributed by atoms with Crippen molar-refractivity contribution in [3.05, 3.63) is 29.7 Å². The van der Waals surface area contributed by atoms with E-state index in [9.17, 15) is 13.2 Å². The molecule has 1 saturated heterocycles. The SMILES string of the molecule is Cc1cnc2c(C(=O)N[C@H]3[C@H]4CCO[C@H]4[C@@H]3NS(C)(=O)=O)cnn2c1. The molecule has 1 aliphatic carbocycles. The van der Waals surface area contributed by atoms with Crippen LogP contribution >= 0.6 is 0 Å². The number of amides is 1. The third-order valence-electron chi connectivity index (χ3n) is 4.76. The third-order valence-corrected chi connectivity index (χ3v) is 5.46. The Bertz CT molecular complexity index is 941. The molecule has 0 radical (unpaired) electrons. The van der Waals surface area contributed by atoms with Crippen molar-refractivity contribution in [3.8, 4) is 0 Å². The van der Waals surface area contributed by atoms with E-state index in [0.717, 1.165) is 18.2 Å². The highest BCUT2D eigenvalue weighted by Gasteiger charge is 2.55. The van der Waals surface area contributed by atoms with E-state index < -0.39 is 16.1 Å². The Morgan fingerprint density at radius 3 is 2.92 bits per heavy atom. The molecule has 2 aliphatic rings. The summed E-state index contributed by atoms with van der Waals surface area (Å²) in [5, 5.41) is 7.08. The number of hydrogen-bond donors (Lipinski definition) is 2. The quantitative estimate of drug-likeness (QED) is 0.753. The van der Waals surface area contributed by atoms with E-state index in [1.807, 2.05) is 6.92 Å². The molecule has 4 rings (SSSR count). The molecule has 25 heavy (non-hydrogen) atoms.